The molecule has 0 saturated carbocycles. The fourth-order valence-electron chi connectivity index (χ4n) is 2.24. The van der Waals surface area contributed by atoms with Crippen LogP contribution in [0.1, 0.15) is 29.8 Å². The van der Waals surface area contributed by atoms with E-state index in [1.807, 2.05) is 0 Å². The van der Waals surface area contributed by atoms with Gasteiger partial charge in [-0.3, -0.25) is 9.59 Å². The van der Waals surface area contributed by atoms with Crippen LogP contribution < -0.4 is 10.6 Å². The molecule has 0 atom stereocenters. The van der Waals surface area contributed by atoms with Crippen LogP contribution in [-0.4, -0.2) is 24.9 Å². The fraction of sp³-hybridized carbons (Fsp3) is 0.250. The van der Waals surface area contributed by atoms with Crippen molar-refractivity contribution in [3.63, 3.8) is 0 Å². The van der Waals surface area contributed by atoms with Crippen LogP contribution in [-0.2, 0) is 20.9 Å². The lowest BCUT2D eigenvalue weighted by atomic mass is 9.90. The van der Waals surface area contributed by atoms with E-state index in [0.717, 1.165) is 0 Å². The third-order valence-electron chi connectivity index (χ3n) is 4.04. The largest absolute Gasteiger partial charge is 0.465 e. The van der Waals surface area contributed by atoms with Crippen LogP contribution in [0.15, 0.2) is 48.5 Å². The molecule has 0 saturated heterocycles. The van der Waals surface area contributed by atoms with Gasteiger partial charge < -0.3 is 15.4 Å². The van der Waals surface area contributed by atoms with Gasteiger partial charge in [0.15, 0.2) is 0 Å². The van der Waals surface area contributed by atoms with Gasteiger partial charge in [0.05, 0.1) is 12.7 Å². The molecule has 2 amide bonds. The average Bonchev–Trinajstić information content (AvgIpc) is 2.66. The van der Waals surface area contributed by atoms with Crippen LogP contribution in [0.3, 0.4) is 0 Å². The van der Waals surface area contributed by atoms with E-state index in [9.17, 15) is 18.8 Å². The molecule has 0 unspecified atom stereocenters. The molecule has 142 valence electrons. The maximum Gasteiger partial charge on any atom is 0.337 e. The van der Waals surface area contributed by atoms with E-state index in [1.165, 1.54) is 39.2 Å². The summed E-state index contributed by atoms with van der Waals surface area (Å²) in [6.07, 6.45) is 0. The number of benzene rings is 2. The van der Waals surface area contributed by atoms with E-state index in [1.54, 1.807) is 30.3 Å². The van der Waals surface area contributed by atoms with E-state index >= 15 is 0 Å². The van der Waals surface area contributed by atoms with Gasteiger partial charge in [0.2, 0.25) is 11.8 Å². The van der Waals surface area contributed by atoms with Crippen molar-refractivity contribution < 1.29 is 23.5 Å². The van der Waals surface area contributed by atoms with Gasteiger partial charge in [0.1, 0.15) is 11.2 Å². The Kier molecular flexibility index (Phi) is 6.28. The Hall–Kier alpha value is -3.22. The zero-order chi connectivity index (χ0) is 20.0. The van der Waals surface area contributed by atoms with Crippen LogP contribution in [0, 0.1) is 11.2 Å². The lowest BCUT2D eigenvalue weighted by Gasteiger charge is -2.23. The highest BCUT2D eigenvalue weighted by Crippen LogP contribution is 2.20. The zero-order valence-electron chi connectivity index (χ0n) is 15.3. The number of methoxy groups -OCH3 is 1. The van der Waals surface area contributed by atoms with Gasteiger partial charge in [0, 0.05) is 12.2 Å². The lowest BCUT2D eigenvalue weighted by Crippen LogP contribution is -2.44. The summed E-state index contributed by atoms with van der Waals surface area (Å²) in [7, 11) is 1.27. The third kappa shape index (κ3) is 5.13. The number of rotatable bonds is 6. The molecule has 0 fully saturated rings. The molecule has 0 aliphatic carbocycles. The van der Waals surface area contributed by atoms with Crippen molar-refractivity contribution in [3.05, 3.63) is 65.5 Å². The zero-order valence-corrected chi connectivity index (χ0v) is 15.3. The van der Waals surface area contributed by atoms with Crippen LogP contribution in [0.2, 0.25) is 0 Å². The molecule has 0 aromatic heterocycles. The normalized spacial score (nSPS) is 10.8. The maximum atomic E-state index is 12.9. The quantitative estimate of drug-likeness (QED) is 0.603. The van der Waals surface area contributed by atoms with Gasteiger partial charge in [-0.25, -0.2) is 9.18 Å². The molecular weight excluding hydrogens is 351 g/mol. The van der Waals surface area contributed by atoms with E-state index in [4.69, 9.17) is 0 Å². The van der Waals surface area contributed by atoms with Gasteiger partial charge in [-0.1, -0.05) is 18.2 Å². The number of carbonyl (C=O) groups excluding carboxylic acids is 3. The van der Waals surface area contributed by atoms with Gasteiger partial charge >= 0.3 is 5.97 Å². The molecule has 2 aromatic carbocycles. The summed E-state index contributed by atoms with van der Waals surface area (Å²) in [6, 6.07) is 11.9. The molecule has 0 aliphatic heterocycles. The number of esters is 1. The monoisotopic (exact) mass is 372 g/mol. The second-order valence-electron chi connectivity index (χ2n) is 6.46. The molecular formula is C20H21FN2O4. The highest BCUT2D eigenvalue weighted by atomic mass is 19.1. The number of amides is 2. The SMILES string of the molecule is COC(=O)c1cccc(NC(=O)C(C)(C)C(=O)NCc2ccc(F)cc2)c1. The predicted molar refractivity (Wildman–Crippen MR) is 98.4 cm³/mol. The minimum atomic E-state index is -1.36. The molecule has 0 spiro atoms. The molecule has 0 bridgehead atoms. The topological polar surface area (TPSA) is 84.5 Å². The number of carbonyl (C=O) groups is 3. The second kappa shape index (κ2) is 8.44. The third-order valence-corrected chi connectivity index (χ3v) is 4.04. The molecule has 7 heteroatoms. The predicted octanol–water partition coefficient (Wildman–Crippen LogP) is 2.89. The molecule has 2 aromatic rings. The van der Waals surface area contributed by atoms with Gasteiger partial charge in [-0.05, 0) is 49.7 Å². The van der Waals surface area contributed by atoms with E-state index in [0.29, 0.717) is 11.3 Å². The number of hydrogen-bond donors (Lipinski definition) is 2. The van der Waals surface area contributed by atoms with E-state index in [2.05, 4.69) is 15.4 Å². The molecule has 6 nitrogen and oxygen atoms in total. The first-order chi connectivity index (χ1) is 12.7. The van der Waals surface area contributed by atoms with Crippen molar-refractivity contribution in [1.29, 1.82) is 0 Å². The maximum absolute atomic E-state index is 12.9. The number of hydrogen-bond acceptors (Lipinski definition) is 4. The number of anilines is 1. The highest BCUT2D eigenvalue weighted by molar-refractivity contribution is 6.10. The smallest absolute Gasteiger partial charge is 0.337 e. The lowest BCUT2D eigenvalue weighted by molar-refractivity contribution is -0.138. The summed E-state index contributed by atoms with van der Waals surface area (Å²) in [5.41, 5.74) is 0.0179. The minimum absolute atomic E-state index is 0.174. The molecule has 2 rings (SSSR count). The Bertz CT molecular complexity index is 847. The second-order valence-corrected chi connectivity index (χ2v) is 6.46. The Labute approximate surface area is 156 Å². The summed E-state index contributed by atoms with van der Waals surface area (Å²) in [5, 5.41) is 5.30. The van der Waals surface area contributed by atoms with Gasteiger partial charge in [0.25, 0.3) is 0 Å². The summed E-state index contributed by atoms with van der Waals surface area (Å²) in [6.45, 7) is 3.16. The van der Waals surface area contributed by atoms with Crippen LogP contribution >= 0.6 is 0 Å². The molecule has 0 aliphatic rings. The first kappa shape index (κ1) is 20.1. The molecule has 0 heterocycles. The van der Waals surface area contributed by atoms with Crippen LogP contribution in [0.5, 0.6) is 0 Å². The number of ether oxygens (including phenoxy) is 1. The van der Waals surface area contributed by atoms with Crippen molar-refractivity contribution in [3.8, 4) is 0 Å². The first-order valence-electron chi connectivity index (χ1n) is 8.26. The van der Waals surface area contributed by atoms with Gasteiger partial charge in [-0.2, -0.15) is 0 Å². The van der Waals surface area contributed by atoms with Gasteiger partial charge in [-0.15, -0.1) is 0 Å². The summed E-state index contributed by atoms with van der Waals surface area (Å²) in [5.74, 6) is -1.89. The van der Waals surface area contributed by atoms with Crippen molar-refractivity contribution in [2.75, 3.05) is 12.4 Å². The summed E-state index contributed by atoms with van der Waals surface area (Å²) >= 11 is 0. The highest BCUT2D eigenvalue weighted by Gasteiger charge is 2.36. The fourth-order valence-corrected chi connectivity index (χ4v) is 2.24. The Morgan fingerprint density at radius 1 is 1.04 bits per heavy atom. The minimum Gasteiger partial charge on any atom is -0.465 e. The van der Waals surface area contributed by atoms with Crippen molar-refractivity contribution >= 4 is 23.5 Å². The molecule has 0 radical (unpaired) electrons. The summed E-state index contributed by atoms with van der Waals surface area (Å²) < 4.78 is 17.6. The Morgan fingerprint density at radius 2 is 1.70 bits per heavy atom. The van der Waals surface area contributed by atoms with Crippen LogP contribution in [0.25, 0.3) is 0 Å². The average molecular weight is 372 g/mol. The van der Waals surface area contributed by atoms with E-state index in [-0.39, 0.29) is 17.9 Å². The van der Waals surface area contributed by atoms with Crippen LogP contribution in [0.4, 0.5) is 10.1 Å². The first-order valence-corrected chi connectivity index (χ1v) is 8.26. The molecule has 27 heavy (non-hydrogen) atoms. The molecule has 2 N–H and O–H groups in total. The number of halogens is 1. The standard InChI is InChI=1S/C20H21FN2O4/c1-20(2,18(25)22-12-13-7-9-15(21)10-8-13)19(26)23-16-6-4-5-14(11-16)17(24)27-3/h4-11H,12H2,1-3H3,(H,22,25)(H,23,26). The van der Waals surface area contributed by atoms with E-state index < -0.39 is 23.2 Å². The Balaban J connectivity index is 2.02. The number of nitrogens with one attached hydrogen (secondary N) is 2. The Morgan fingerprint density at radius 3 is 2.33 bits per heavy atom. The van der Waals surface area contributed by atoms with Crippen molar-refractivity contribution in [1.82, 2.24) is 5.32 Å². The van der Waals surface area contributed by atoms with Crippen molar-refractivity contribution in [2.45, 2.75) is 20.4 Å². The summed E-state index contributed by atoms with van der Waals surface area (Å²) in [4.78, 5) is 36.6. The van der Waals surface area contributed by atoms with Crippen molar-refractivity contribution in [2.24, 2.45) is 5.41 Å².